The molecule has 1 fully saturated rings. The maximum atomic E-state index is 13.6. The maximum Gasteiger partial charge on any atom is 0.280 e. The van der Waals surface area contributed by atoms with Gasteiger partial charge in [-0.25, -0.2) is 18.7 Å². The predicted octanol–water partition coefficient (Wildman–Crippen LogP) is 3.90. The zero-order chi connectivity index (χ0) is 21.9. The summed E-state index contributed by atoms with van der Waals surface area (Å²) in [4.78, 5) is 8.78. The van der Waals surface area contributed by atoms with Gasteiger partial charge in [-0.2, -0.15) is 20.0 Å². The topological polar surface area (TPSA) is 79.2 Å². The molecule has 0 amide bonds. The lowest BCUT2D eigenvalue weighted by Gasteiger charge is -2.10. The highest BCUT2D eigenvalue weighted by Gasteiger charge is 2.29. The molecule has 160 valence electrons. The van der Waals surface area contributed by atoms with Crippen LogP contribution in [0.4, 0.5) is 8.78 Å². The van der Waals surface area contributed by atoms with Crippen molar-refractivity contribution in [2.24, 2.45) is 14.1 Å². The van der Waals surface area contributed by atoms with Crippen molar-refractivity contribution in [3.63, 3.8) is 0 Å². The van der Waals surface area contributed by atoms with Crippen molar-refractivity contribution in [1.82, 2.24) is 39.3 Å². The Hall–Kier alpha value is -3.43. The van der Waals surface area contributed by atoms with E-state index in [0.29, 0.717) is 17.1 Å². The van der Waals surface area contributed by atoms with Crippen LogP contribution in [-0.2, 0) is 14.1 Å². The number of halogens is 2. The monoisotopic (exact) mass is 424 g/mol. The van der Waals surface area contributed by atoms with Crippen molar-refractivity contribution in [3.05, 3.63) is 47.3 Å². The SMILES string of the molecule is Cc1c(-c2cc(-c3cnn(C)c3C)n(-c3nc(C(F)F)cc(C4CC4)n3)n2)cnn1C. The van der Waals surface area contributed by atoms with E-state index < -0.39 is 6.43 Å². The first kappa shape index (κ1) is 19.5. The third-order valence-corrected chi connectivity index (χ3v) is 5.89. The van der Waals surface area contributed by atoms with E-state index in [-0.39, 0.29) is 17.6 Å². The summed E-state index contributed by atoms with van der Waals surface area (Å²) in [6.07, 6.45) is 2.70. The fraction of sp³-hybridized carbons (Fsp3) is 0.381. The Labute approximate surface area is 177 Å². The van der Waals surface area contributed by atoms with Gasteiger partial charge in [-0.3, -0.25) is 9.36 Å². The number of alkyl halides is 2. The number of nitrogens with zero attached hydrogens (tertiary/aromatic N) is 8. The molecule has 0 aliphatic heterocycles. The molecule has 0 spiro atoms. The third kappa shape index (κ3) is 3.31. The Morgan fingerprint density at radius 3 is 2.13 bits per heavy atom. The molecule has 0 aromatic carbocycles. The molecule has 4 aromatic heterocycles. The van der Waals surface area contributed by atoms with Crippen molar-refractivity contribution in [3.8, 4) is 28.5 Å². The second kappa shape index (κ2) is 7.07. The number of hydrogen-bond acceptors (Lipinski definition) is 5. The van der Waals surface area contributed by atoms with Crippen LogP contribution in [0.2, 0.25) is 0 Å². The molecule has 4 heterocycles. The molecule has 0 unspecified atom stereocenters. The van der Waals surface area contributed by atoms with Crippen molar-refractivity contribution in [1.29, 1.82) is 0 Å². The van der Waals surface area contributed by atoms with Crippen LogP contribution in [0.3, 0.4) is 0 Å². The molecule has 31 heavy (non-hydrogen) atoms. The number of aryl methyl sites for hydroxylation is 2. The molecular formula is C21H22F2N8. The average Bonchev–Trinajstić information content (AvgIpc) is 3.33. The summed E-state index contributed by atoms with van der Waals surface area (Å²) in [6, 6.07) is 3.32. The minimum Gasteiger partial charge on any atom is -0.272 e. The number of aromatic nitrogens is 8. The van der Waals surface area contributed by atoms with Crippen LogP contribution in [0.25, 0.3) is 28.5 Å². The zero-order valence-electron chi connectivity index (χ0n) is 17.7. The van der Waals surface area contributed by atoms with Crippen molar-refractivity contribution in [2.45, 2.75) is 39.0 Å². The van der Waals surface area contributed by atoms with E-state index in [0.717, 1.165) is 35.4 Å². The first-order chi connectivity index (χ1) is 14.8. The smallest absolute Gasteiger partial charge is 0.272 e. The lowest BCUT2D eigenvalue weighted by molar-refractivity contribution is 0.145. The quantitative estimate of drug-likeness (QED) is 0.486. The normalized spacial score (nSPS) is 14.0. The Morgan fingerprint density at radius 1 is 0.935 bits per heavy atom. The van der Waals surface area contributed by atoms with E-state index in [4.69, 9.17) is 5.10 Å². The molecule has 0 bridgehead atoms. The number of hydrogen-bond donors (Lipinski definition) is 0. The minimum atomic E-state index is -2.68. The second-order valence-corrected chi connectivity index (χ2v) is 7.95. The Balaban J connectivity index is 1.74. The van der Waals surface area contributed by atoms with Crippen LogP contribution in [-0.4, -0.2) is 39.3 Å². The summed E-state index contributed by atoms with van der Waals surface area (Å²) in [6.45, 7) is 3.90. The van der Waals surface area contributed by atoms with Gasteiger partial charge in [0.2, 0.25) is 0 Å². The van der Waals surface area contributed by atoms with E-state index in [1.807, 2.05) is 34.0 Å². The van der Waals surface area contributed by atoms with Gasteiger partial charge in [0.05, 0.1) is 23.8 Å². The van der Waals surface area contributed by atoms with Gasteiger partial charge in [0.15, 0.2) is 0 Å². The van der Waals surface area contributed by atoms with Crippen LogP contribution < -0.4 is 0 Å². The molecule has 0 N–H and O–H groups in total. The lowest BCUT2D eigenvalue weighted by atomic mass is 10.1. The van der Waals surface area contributed by atoms with Crippen LogP contribution in [0.15, 0.2) is 24.5 Å². The Bertz CT molecular complexity index is 1260. The standard InChI is InChI=1S/C21H22F2N8/c1-11-14(9-24-29(11)3)17-8-19(15-10-25-30(4)12(15)2)31(28-17)21-26-16(13-5-6-13)7-18(27-21)20(22)23/h7-10,13,20H,5-6H2,1-4H3. The first-order valence-electron chi connectivity index (χ1n) is 10.1. The summed E-state index contributed by atoms with van der Waals surface area (Å²) in [5.74, 6) is 0.351. The van der Waals surface area contributed by atoms with Crippen LogP contribution in [0, 0.1) is 13.8 Å². The minimum absolute atomic E-state index is 0.144. The van der Waals surface area contributed by atoms with Gasteiger partial charge in [0, 0.05) is 48.2 Å². The van der Waals surface area contributed by atoms with Crippen LogP contribution in [0.5, 0.6) is 0 Å². The second-order valence-electron chi connectivity index (χ2n) is 7.95. The van der Waals surface area contributed by atoms with E-state index in [1.54, 1.807) is 26.4 Å². The highest BCUT2D eigenvalue weighted by Crippen LogP contribution is 2.40. The molecule has 1 aliphatic rings. The molecule has 0 atom stereocenters. The molecule has 4 aromatic rings. The molecule has 10 heteroatoms. The van der Waals surface area contributed by atoms with Gasteiger partial charge < -0.3 is 0 Å². The molecule has 8 nitrogen and oxygen atoms in total. The van der Waals surface area contributed by atoms with Crippen molar-refractivity contribution < 1.29 is 8.78 Å². The average molecular weight is 424 g/mol. The van der Waals surface area contributed by atoms with Gasteiger partial charge in [0.1, 0.15) is 5.69 Å². The Morgan fingerprint density at radius 2 is 1.58 bits per heavy atom. The summed E-state index contributed by atoms with van der Waals surface area (Å²) in [7, 11) is 3.71. The number of rotatable bonds is 5. The van der Waals surface area contributed by atoms with Gasteiger partial charge in [-0.1, -0.05) is 0 Å². The third-order valence-electron chi connectivity index (χ3n) is 5.89. The Kier molecular flexibility index (Phi) is 4.45. The largest absolute Gasteiger partial charge is 0.280 e. The van der Waals surface area contributed by atoms with Gasteiger partial charge in [-0.15, -0.1) is 0 Å². The summed E-state index contributed by atoms with van der Waals surface area (Å²) >= 11 is 0. The van der Waals surface area contributed by atoms with Gasteiger partial charge in [-0.05, 0) is 38.8 Å². The first-order valence-corrected chi connectivity index (χ1v) is 10.1. The molecule has 1 aliphatic carbocycles. The van der Waals surface area contributed by atoms with E-state index >= 15 is 0 Å². The molecule has 1 saturated carbocycles. The van der Waals surface area contributed by atoms with E-state index in [1.165, 1.54) is 6.07 Å². The maximum absolute atomic E-state index is 13.6. The molecule has 5 rings (SSSR count). The fourth-order valence-electron chi connectivity index (χ4n) is 3.62. The predicted molar refractivity (Wildman–Crippen MR) is 110 cm³/mol. The van der Waals surface area contributed by atoms with Crippen LogP contribution in [0.1, 0.15) is 48.0 Å². The van der Waals surface area contributed by atoms with E-state index in [2.05, 4.69) is 20.2 Å². The molecular weight excluding hydrogens is 402 g/mol. The van der Waals surface area contributed by atoms with Gasteiger partial charge >= 0.3 is 0 Å². The summed E-state index contributed by atoms with van der Waals surface area (Å²) < 4.78 is 32.3. The summed E-state index contributed by atoms with van der Waals surface area (Å²) in [5.41, 5.74) is 5.28. The lowest BCUT2D eigenvalue weighted by Crippen LogP contribution is -2.09. The van der Waals surface area contributed by atoms with Gasteiger partial charge in [0.25, 0.3) is 12.4 Å². The fourth-order valence-corrected chi connectivity index (χ4v) is 3.62. The van der Waals surface area contributed by atoms with Crippen LogP contribution >= 0.6 is 0 Å². The van der Waals surface area contributed by atoms with E-state index in [9.17, 15) is 8.78 Å². The highest BCUT2D eigenvalue weighted by atomic mass is 19.3. The van der Waals surface area contributed by atoms with Crippen molar-refractivity contribution in [2.75, 3.05) is 0 Å². The molecule has 0 saturated heterocycles. The highest BCUT2D eigenvalue weighted by molar-refractivity contribution is 5.71. The zero-order valence-corrected chi connectivity index (χ0v) is 17.7. The van der Waals surface area contributed by atoms with Crippen molar-refractivity contribution >= 4 is 0 Å². The summed E-state index contributed by atoms with van der Waals surface area (Å²) in [5, 5.41) is 13.4. The molecule has 0 radical (unpaired) electrons.